The van der Waals surface area contributed by atoms with Crippen molar-refractivity contribution in [3.8, 4) is 5.75 Å². The molecule has 2 rings (SSSR count). The van der Waals surface area contributed by atoms with Crippen molar-refractivity contribution in [3.63, 3.8) is 0 Å². The Morgan fingerprint density at radius 1 is 1.39 bits per heavy atom. The Morgan fingerprint density at radius 3 is 2.78 bits per heavy atom. The average Bonchev–Trinajstić information content (AvgIpc) is 3.20. The van der Waals surface area contributed by atoms with Crippen molar-refractivity contribution in [2.45, 2.75) is 38.6 Å². The van der Waals surface area contributed by atoms with E-state index in [9.17, 15) is 0 Å². The fraction of sp³-hybridized carbons (Fsp3) is 0.600. The lowest BCUT2D eigenvalue weighted by atomic mass is 10.0. The van der Waals surface area contributed by atoms with Crippen LogP contribution in [-0.2, 0) is 6.42 Å². The van der Waals surface area contributed by atoms with Gasteiger partial charge >= 0.3 is 0 Å². The molecule has 0 radical (unpaired) electrons. The van der Waals surface area contributed by atoms with Gasteiger partial charge < -0.3 is 16.2 Å². The summed E-state index contributed by atoms with van der Waals surface area (Å²) in [4.78, 5) is 0. The molecule has 0 aromatic heterocycles. The molecule has 0 heterocycles. The molecule has 1 aliphatic rings. The van der Waals surface area contributed by atoms with E-state index in [-0.39, 0.29) is 6.04 Å². The van der Waals surface area contributed by atoms with E-state index in [1.807, 2.05) is 0 Å². The molecule has 18 heavy (non-hydrogen) atoms. The van der Waals surface area contributed by atoms with Crippen LogP contribution >= 0.6 is 0 Å². The highest BCUT2D eigenvalue weighted by atomic mass is 16.5. The molecule has 1 fully saturated rings. The van der Waals surface area contributed by atoms with Crippen LogP contribution in [0, 0.1) is 5.92 Å². The van der Waals surface area contributed by atoms with E-state index >= 15 is 0 Å². The van der Waals surface area contributed by atoms with Crippen molar-refractivity contribution < 1.29 is 4.74 Å². The number of rotatable bonds is 7. The monoisotopic (exact) mass is 248 g/mol. The van der Waals surface area contributed by atoms with Gasteiger partial charge in [0.2, 0.25) is 0 Å². The Hall–Kier alpha value is -1.06. The smallest absolute Gasteiger partial charge is 0.124 e. The molecule has 1 atom stereocenters. The number of hydrogen-bond acceptors (Lipinski definition) is 3. The van der Waals surface area contributed by atoms with Gasteiger partial charge in [0.05, 0.1) is 6.61 Å². The predicted octanol–water partition coefficient (Wildman–Crippen LogP) is 2.39. The van der Waals surface area contributed by atoms with Crippen molar-refractivity contribution in [3.05, 3.63) is 29.3 Å². The number of nitrogens with two attached hydrogens (primary N) is 2. The Labute approximate surface area is 110 Å². The summed E-state index contributed by atoms with van der Waals surface area (Å²) in [5, 5.41) is 0. The molecule has 1 aliphatic carbocycles. The highest BCUT2D eigenvalue weighted by Crippen LogP contribution is 2.32. The number of benzene rings is 1. The molecular weight excluding hydrogens is 224 g/mol. The third-order valence-corrected chi connectivity index (χ3v) is 3.44. The highest BCUT2D eigenvalue weighted by molar-refractivity contribution is 5.39. The number of hydrogen-bond donors (Lipinski definition) is 2. The summed E-state index contributed by atoms with van der Waals surface area (Å²) in [6.07, 6.45) is 4.81. The molecule has 0 saturated heterocycles. The van der Waals surface area contributed by atoms with Crippen LogP contribution in [0.1, 0.15) is 43.4 Å². The van der Waals surface area contributed by atoms with Gasteiger partial charge in [-0.05, 0) is 36.8 Å². The molecule has 4 N–H and O–H groups in total. The van der Waals surface area contributed by atoms with Crippen LogP contribution < -0.4 is 16.2 Å². The summed E-state index contributed by atoms with van der Waals surface area (Å²) >= 11 is 0. The fourth-order valence-corrected chi connectivity index (χ4v) is 2.08. The first-order valence-corrected chi connectivity index (χ1v) is 6.95. The summed E-state index contributed by atoms with van der Waals surface area (Å²) in [6.45, 7) is 3.45. The van der Waals surface area contributed by atoms with E-state index in [4.69, 9.17) is 16.2 Å². The molecule has 1 unspecified atom stereocenters. The first-order chi connectivity index (χ1) is 8.74. The van der Waals surface area contributed by atoms with Gasteiger partial charge in [-0.25, -0.2) is 0 Å². The van der Waals surface area contributed by atoms with Gasteiger partial charge in [-0.15, -0.1) is 0 Å². The Morgan fingerprint density at radius 2 is 2.17 bits per heavy atom. The van der Waals surface area contributed by atoms with E-state index in [1.165, 1.54) is 18.4 Å². The van der Waals surface area contributed by atoms with Gasteiger partial charge in [-0.1, -0.05) is 25.5 Å². The molecule has 100 valence electrons. The van der Waals surface area contributed by atoms with Gasteiger partial charge in [0.15, 0.2) is 0 Å². The predicted molar refractivity (Wildman–Crippen MR) is 74.6 cm³/mol. The molecule has 1 aromatic carbocycles. The van der Waals surface area contributed by atoms with E-state index in [0.717, 1.165) is 36.7 Å². The van der Waals surface area contributed by atoms with E-state index in [1.54, 1.807) is 0 Å². The second kappa shape index (κ2) is 6.21. The molecule has 0 amide bonds. The minimum Gasteiger partial charge on any atom is -0.493 e. The van der Waals surface area contributed by atoms with Crippen LogP contribution in [0.3, 0.4) is 0 Å². The maximum atomic E-state index is 6.08. The third kappa shape index (κ3) is 3.47. The Bertz CT molecular complexity index is 388. The normalized spacial score (nSPS) is 16.6. The van der Waals surface area contributed by atoms with Crippen molar-refractivity contribution in [1.29, 1.82) is 0 Å². The van der Waals surface area contributed by atoms with Crippen LogP contribution in [0.5, 0.6) is 5.75 Å². The second-order valence-electron chi connectivity index (χ2n) is 5.22. The largest absolute Gasteiger partial charge is 0.493 e. The lowest BCUT2D eigenvalue weighted by molar-refractivity contribution is 0.295. The van der Waals surface area contributed by atoms with Crippen molar-refractivity contribution in [1.82, 2.24) is 0 Å². The summed E-state index contributed by atoms with van der Waals surface area (Å²) < 4.78 is 5.88. The minimum absolute atomic E-state index is 0.129. The third-order valence-electron chi connectivity index (χ3n) is 3.44. The molecule has 0 bridgehead atoms. The topological polar surface area (TPSA) is 61.3 Å². The molecule has 3 heteroatoms. The first kappa shape index (κ1) is 13.4. The zero-order chi connectivity index (χ0) is 13.0. The highest BCUT2D eigenvalue weighted by Gasteiger charge is 2.22. The first-order valence-electron chi connectivity index (χ1n) is 6.95. The minimum atomic E-state index is -0.129. The van der Waals surface area contributed by atoms with Gasteiger partial charge in [0, 0.05) is 18.2 Å². The van der Waals surface area contributed by atoms with E-state index in [0.29, 0.717) is 6.54 Å². The summed E-state index contributed by atoms with van der Waals surface area (Å²) in [5.74, 6) is 1.67. The zero-order valence-corrected chi connectivity index (χ0v) is 11.2. The molecule has 1 saturated carbocycles. The van der Waals surface area contributed by atoms with E-state index in [2.05, 4.69) is 25.1 Å². The molecular formula is C15H24N2O. The molecule has 0 spiro atoms. The maximum absolute atomic E-state index is 6.08. The summed E-state index contributed by atoms with van der Waals surface area (Å²) in [5.41, 5.74) is 14.1. The maximum Gasteiger partial charge on any atom is 0.124 e. The van der Waals surface area contributed by atoms with Gasteiger partial charge in [0.25, 0.3) is 0 Å². The fourth-order valence-electron chi connectivity index (χ4n) is 2.08. The zero-order valence-electron chi connectivity index (χ0n) is 11.2. The lowest BCUT2D eigenvalue weighted by Crippen LogP contribution is -2.22. The van der Waals surface area contributed by atoms with Crippen LogP contribution in [0.15, 0.2) is 18.2 Å². The van der Waals surface area contributed by atoms with Crippen LogP contribution in [0.25, 0.3) is 0 Å². The second-order valence-corrected chi connectivity index (χ2v) is 5.22. The Kier molecular flexibility index (Phi) is 4.61. The molecule has 1 aromatic rings. The van der Waals surface area contributed by atoms with Gasteiger partial charge in [0.1, 0.15) is 5.75 Å². The standard InChI is InChI=1S/C15H24N2O/c1-2-3-11-6-7-15(18-10-12-4-5-12)13(8-11)14(17)9-16/h6-8,12,14H,2-5,9-10,16-17H2,1H3. The lowest BCUT2D eigenvalue weighted by Gasteiger charge is -2.17. The Balaban J connectivity index is 2.13. The van der Waals surface area contributed by atoms with Crippen molar-refractivity contribution in [2.24, 2.45) is 17.4 Å². The van der Waals surface area contributed by atoms with Crippen molar-refractivity contribution in [2.75, 3.05) is 13.2 Å². The summed E-state index contributed by atoms with van der Waals surface area (Å²) in [7, 11) is 0. The van der Waals surface area contributed by atoms with Gasteiger partial charge in [-0.3, -0.25) is 0 Å². The quantitative estimate of drug-likeness (QED) is 0.779. The van der Waals surface area contributed by atoms with Crippen molar-refractivity contribution >= 4 is 0 Å². The average molecular weight is 248 g/mol. The number of ether oxygens (including phenoxy) is 1. The van der Waals surface area contributed by atoms with Gasteiger partial charge in [-0.2, -0.15) is 0 Å². The van der Waals surface area contributed by atoms with E-state index < -0.39 is 0 Å². The molecule has 3 nitrogen and oxygen atoms in total. The molecule has 0 aliphatic heterocycles. The summed E-state index contributed by atoms with van der Waals surface area (Å²) in [6, 6.07) is 6.22. The van der Waals surface area contributed by atoms with Crippen LogP contribution in [0.2, 0.25) is 0 Å². The van der Waals surface area contributed by atoms with Crippen LogP contribution in [0.4, 0.5) is 0 Å². The number of aryl methyl sites for hydroxylation is 1. The SMILES string of the molecule is CCCc1ccc(OCC2CC2)c(C(N)CN)c1. The van der Waals surface area contributed by atoms with Crippen LogP contribution in [-0.4, -0.2) is 13.2 Å².